The van der Waals surface area contributed by atoms with Gasteiger partial charge in [-0.25, -0.2) is 13.4 Å². The zero-order valence-electron chi connectivity index (χ0n) is 13.3. The molecule has 0 bridgehead atoms. The Morgan fingerprint density at radius 3 is 3.00 bits per heavy atom. The van der Waals surface area contributed by atoms with Crippen molar-refractivity contribution in [1.29, 1.82) is 0 Å². The van der Waals surface area contributed by atoms with Gasteiger partial charge in [0.05, 0.1) is 23.5 Å². The Morgan fingerprint density at radius 2 is 2.29 bits per heavy atom. The summed E-state index contributed by atoms with van der Waals surface area (Å²) in [6, 6.07) is 1.83. The van der Waals surface area contributed by atoms with Gasteiger partial charge in [0.25, 0.3) is 5.91 Å². The van der Waals surface area contributed by atoms with E-state index in [1.54, 1.807) is 24.0 Å². The van der Waals surface area contributed by atoms with Gasteiger partial charge in [-0.1, -0.05) is 0 Å². The standard InChI is InChI=1S/C14H19N5O3S2/c1-2-24(21,22)18-6-11(7-19-12(8-18)3-4-17-19)5-15-14(20)13-9-23-10-16-13/h3-4,9-11H,2,5-8H2,1H3,(H,15,20)/t11-/m1/s1. The molecule has 0 saturated carbocycles. The van der Waals surface area contributed by atoms with Crippen LogP contribution in [0.4, 0.5) is 0 Å². The predicted octanol–water partition coefficient (Wildman–Crippen LogP) is 0.551. The van der Waals surface area contributed by atoms with E-state index in [9.17, 15) is 13.2 Å². The van der Waals surface area contributed by atoms with Gasteiger partial charge in [0.2, 0.25) is 10.0 Å². The zero-order valence-corrected chi connectivity index (χ0v) is 14.9. The van der Waals surface area contributed by atoms with Crippen molar-refractivity contribution in [2.75, 3.05) is 18.8 Å². The molecule has 1 aliphatic heterocycles. The lowest BCUT2D eigenvalue weighted by Gasteiger charge is -2.23. The van der Waals surface area contributed by atoms with Gasteiger partial charge in [-0.15, -0.1) is 11.3 Å². The number of hydrogen-bond donors (Lipinski definition) is 1. The molecule has 3 rings (SSSR count). The monoisotopic (exact) mass is 369 g/mol. The predicted molar refractivity (Wildman–Crippen MR) is 90.0 cm³/mol. The van der Waals surface area contributed by atoms with Gasteiger partial charge in [-0.05, 0) is 13.0 Å². The minimum absolute atomic E-state index is 0.0546. The number of amides is 1. The number of thiazole rings is 1. The van der Waals surface area contributed by atoms with Crippen molar-refractivity contribution in [3.05, 3.63) is 34.5 Å². The van der Waals surface area contributed by atoms with E-state index in [1.165, 1.54) is 15.6 Å². The third-order valence-corrected chi connectivity index (χ3v) is 6.39. The smallest absolute Gasteiger partial charge is 0.270 e. The minimum Gasteiger partial charge on any atom is -0.350 e. The summed E-state index contributed by atoms with van der Waals surface area (Å²) in [4.78, 5) is 16.0. The van der Waals surface area contributed by atoms with E-state index in [4.69, 9.17) is 0 Å². The van der Waals surface area contributed by atoms with Gasteiger partial charge in [-0.2, -0.15) is 9.40 Å². The maximum Gasteiger partial charge on any atom is 0.270 e. The lowest BCUT2D eigenvalue weighted by atomic mass is 10.1. The molecule has 0 saturated heterocycles. The van der Waals surface area contributed by atoms with Crippen molar-refractivity contribution < 1.29 is 13.2 Å². The van der Waals surface area contributed by atoms with E-state index >= 15 is 0 Å². The maximum absolute atomic E-state index is 12.3. The molecule has 2 aromatic heterocycles. The number of sulfonamides is 1. The van der Waals surface area contributed by atoms with Gasteiger partial charge < -0.3 is 5.32 Å². The average Bonchev–Trinajstić information content (AvgIpc) is 3.21. The summed E-state index contributed by atoms with van der Waals surface area (Å²) in [6.07, 6.45) is 1.67. The number of nitrogens with zero attached hydrogens (tertiary/aromatic N) is 4. The summed E-state index contributed by atoms with van der Waals surface area (Å²) in [7, 11) is -3.31. The van der Waals surface area contributed by atoms with Crippen LogP contribution in [-0.4, -0.2) is 52.2 Å². The van der Waals surface area contributed by atoms with Gasteiger partial charge in [0.1, 0.15) is 5.69 Å². The highest BCUT2D eigenvalue weighted by Crippen LogP contribution is 2.18. The molecule has 10 heteroatoms. The Bertz CT molecular complexity index is 800. The van der Waals surface area contributed by atoms with Crippen molar-refractivity contribution in [3.63, 3.8) is 0 Å². The van der Waals surface area contributed by atoms with Crippen LogP contribution in [0, 0.1) is 5.92 Å². The molecule has 1 atom stereocenters. The summed E-state index contributed by atoms with van der Waals surface area (Å²) < 4.78 is 27.9. The van der Waals surface area contributed by atoms with E-state index < -0.39 is 10.0 Å². The number of carbonyl (C=O) groups excluding carboxylic acids is 1. The molecule has 1 aliphatic rings. The molecular weight excluding hydrogens is 350 g/mol. The Kier molecular flexibility index (Phi) is 4.97. The Labute approximate surface area is 144 Å². The van der Waals surface area contributed by atoms with Crippen molar-refractivity contribution >= 4 is 27.3 Å². The van der Waals surface area contributed by atoms with Crippen molar-refractivity contribution in [2.24, 2.45) is 5.92 Å². The molecule has 24 heavy (non-hydrogen) atoms. The van der Waals surface area contributed by atoms with E-state index in [1.807, 2.05) is 10.7 Å². The summed E-state index contributed by atoms with van der Waals surface area (Å²) in [5.41, 5.74) is 2.85. The second-order valence-electron chi connectivity index (χ2n) is 5.65. The van der Waals surface area contributed by atoms with Crippen LogP contribution in [0.15, 0.2) is 23.2 Å². The number of aromatic nitrogens is 3. The number of fused-ring (bicyclic) bond motifs is 1. The minimum atomic E-state index is -3.31. The molecule has 1 amide bonds. The fourth-order valence-electron chi connectivity index (χ4n) is 2.67. The molecule has 0 radical (unpaired) electrons. The summed E-state index contributed by atoms with van der Waals surface area (Å²) in [5, 5.41) is 8.78. The van der Waals surface area contributed by atoms with Gasteiger partial charge in [0, 0.05) is 37.1 Å². The molecule has 3 heterocycles. The van der Waals surface area contributed by atoms with Gasteiger partial charge in [-0.3, -0.25) is 9.48 Å². The first-order valence-corrected chi connectivity index (χ1v) is 10.2. The molecule has 0 unspecified atom stereocenters. The number of carbonyl (C=O) groups is 1. The molecule has 0 spiro atoms. The normalized spacial score (nSPS) is 18.8. The molecular formula is C14H19N5O3S2. The largest absolute Gasteiger partial charge is 0.350 e. The lowest BCUT2D eigenvalue weighted by molar-refractivity contribution is 0.0940. The Balaban J connectivity index is 1.73. The highest BCUT2D eigenvalue weighted by molar-refractivity contribution is 7.89. The molecule has 0 aromatic carbocycles. The van der Waals surface area contributed by atoms with Crippen LogP contribution in [0.5, 0.6) is 0 Å². The summed E-state index contributed by atoms with van der Waals surface area (Å²) in [6.45, 7) is 3.24. The number of hydrogen-bond acceptors (Lipinski definition) is 6. The Morgan fingerprint density at radius 1 is 1.46 bits per heavy atom. The molecule has 8 nitrogen and oxygen atoms in total. The average molecular weight is 369 g/mol. The van der Waals surface area contributed by atoms with Crippen molar-refractivity contribution in [3.8, 4) is 0 Å². The maximum atomic E-state index is 12.3. The first kappa shape index (κ1) is 17.1. The molecule has 130 valence electrons. The molecule has 0 aliphatic carbocycles. The highest BCUT2D eigenvalue weighted by Gasteiger charge is 2.29. The topological polar surface area (TPSA) is 97.2 Å². The Hall–Kier alpha value is -1.78. The van der Waals surface area contributed by atoms with E-state index in [-0.39, 0.29) is 17.6 Å². The third-order valence-electron chi connectivity index (χ3n) is 4.01. The van der Waals surface area contributed by atoms with Crippen LogP contribution in [0.3, 0.4) is 0 Å². The molecule has 2 aromatic rings. The first-order valence-electron chi connectivity index (χ1n) is 7.64. The van der Waals surface area contributed by atoms with Crippen LogP contribution in [0.2, 0.25) is 0 Å². The fourth-order valence-corrected chi connectivity index (χ4v) is 4.33. The second-order valence-corrected chi connectivity index (χ2v) is 8.62. The quantitative estimate of drug-likeness (QED) is 0.830. The SMILES string of the molecule is CCS(=O)(=O)N1Cc2ccnn2C[C@H](CNC(=O)c2cscn2)C1. The number of nitrogens with one attached hydrogen (secondary N) is 1. The van der Waals surface area contributed by atoms with Gasteiger partial charge in [0.15, 0.2) is 0 Å². The lowest BCUT2D eigenvalue weighted by Crippen LogP contribution is -2.39. The molecule has 1 N–H and O–H groups in total. The molecule has 0 fully saturated rings. The second kappa shape index (κ2) is 6.99. The van der Waals surface area contributed by atoms with Crippen LogP contribution >= 0.6 is 11.3 Å². The van der Waals surface area contributed by atoms with Crippen LogP contribution < -0.4 is 5.32 Å². The van der Waals surface area contributed by atoms with Crippen LogP contribution in [0.25, 0.3) is 0 Å². The highest BCUT2D eigenvalue weighted by atomic mass is 32.2. The number of rotatable bonds is 5. The van der Waals surface area contributed by atoms with E-state index in [2.05, 4.69) is 15.4 Å². The van der Waals surface area contributed by atoms with Crippen molar-refractivity contribution in [1.82, 2.24) is 24.4 Å². The van der Waals surface area contributed by atoms with Crippen LogP contribution in [0.1, 0.15) is 23.1 Å². The third kappa shape index (κ3) is 3.65. The summed E-state index contributed by atoms with van der Waals surface area (Å²) >= 11 is 1.36. The summed E-state index contributed by atoms with van der Waals surface area (Å²) in [5.74, 6) is -0.250. The van der Waals surface area contributed by atoms with Crippen molar-refractivity contribution in [2.45, 2.75) is 20.0 Å². The first-order chi connectivity index (χ1) is 11.5. The van der Waals surface area contributed by atoms with Gasteiger partial charge >= 0.3 is 0 Å². The van der Waals surface area contributed by atoms with E-state index in [0.717, 1.165) is 5.69 Å². The van der Waals surface area contributed by atoms with Crippen LogP contribution in [-0.2, 0) is 23.1 Å². The zero-order chi connectivity index (χ0) is 17.2. The van der Waals surface area contributed by atoms with E-state index in [0.29, 0.717) is 31.9 Å². The fraction of sp³-hybridized carbons (Fsp3) is 0.500.